The summed E-state index contributed by atoms with van der Waals surface area (Å²) in [5.74, 6) is -0.0345. The summed E-state index contributed by atoms with van der Waals surface area (Å²) in [5, 5.41) is 2.91. The number of benzene rings is 2. The van der Waals surface area contributed by atoms with Crippen molar-refractivity contribution in [3.63, 3.8) is 0 Å². The molecule has 1 N–H and O–H groups in total. The fourth-order valence-electron chi connectivity index (χ4n) is 2.97. The van der Waals surface area contributed by atoms with Crippen molar-refractivity contribution in [3.8, 4) is 0 Å². The van der Waals surface area contributed by atoms with Gasteiger partial charge in [0.05, 0.1) is 5.69 Å². The maximum atomic E-state index is 12.5. The van der Waals surface area contributed by atoms with Gasteiger partial charge in [0.15, 0.2) is 0 Å². The van der Waals surface area contributed by atoms with Crippen LogP contribution in [0, 0.1) is 13.8 Å². The maximum absolute atomic E-state index is 12.5. The molecule has 0 fully saturated rings. The van der Waals surface area contributed by atoms with Crippen LogP contribution in [0.4, 0.5) is 5.69 Å². The standard InChI is InChI=1S/C22H28N2O2/c1-15(2)20-8-6-7-17(4)22(20)24(18(5)25)14-21(26)23-13-19-11-9-16(3)10-12-19/h6-12,15H,13-14H2,1-5H3,(H,23,26). The predicted octanol–water partition coefficient (Wildman–Crippen LogP) is 4.10. The highest BCUT2D eigenvalue weighted by Crippen LogP contribution is 2.31. The molecule has 0 heterocycles. The summed E-state index contributed by atoms with van der Waals surface area (Å²) in [6.45, 7) is 10.2. The van der Waals surface area contributed by atoms with Gasteiger partial charge >= 0.3 is 0 Å². The maximum Gasteiger partial charge on any atom is 0.240 e. The van der Waals surface area contributed by atoms with Crippen LogP contribution in [0.2, 0.25) is 0 Å². The Labute approximate surface area is 156 Å². The summed E-state index contributed by atoms with van der Waals surface area (Å²) in [4.78, 5) is 26.3. The van der Waals surface area contributed by atoms with E-state index in [2.05, 4.69) is 19.2 Å². The first kappa shape index (κ1) is 19.7. The summed E-state index contributed by atoms with van der Waals surface area (Å²) in [6, 6.07) is 14.0. The molecule has 26 heavy (non-hydrogen) atoms. The number of amides is 2. The molecule has 138 valence electrons. The molecule has 0 aromatic heterocycles. The normalized spacial score (nSPS) is 10.7. The number of hydrogen-bond acceptors (Lipinski definition) is 2. The number of hydrogen-bond donors (Lipinski definition) is 1. The van der Waals surface area contributed by atoms with Crippen LogP contribution in [0.15, 0.2) is 42.5 Å². The van der Waals surface area contributed by atoms with Crippen molar-refractivity contribution < 1.29 is 9.59 Å². The molecule has 0 spiro atoms. The van der Waals surface area contributed by atoms with Crippen LogP contribution >= 0.6 is 0 Å². The monoisotopic (exact) mass is 352 g/mol. The van der Waals surface area contributed by atoms with E-state index in [0.29, 0.717) is 6.54 Å². The second-order valence-corrected chi connectivity index (χ2v) is 7.03. The third-order valence-electron chi connectivity index (χ3n) is 4.45. The first-order valence-electron chi connectivity index (χ1n) is 8.99. The van der Waals surface area contributed by atoms with Gasteiger partial charge in [0.2, 0.25) is 11.8 Å². The van der Waals surface area contributed by atoms with Crippen LogP contribution in [0.1, 0.15) is 48.9 Å². The summed E-state index contributed by atoms with van der Waals surface area (Å²) in [5.41, 5.74) is 5.14. The highest BCUT2D eigenvalue weighted by Gasteiger charge is 2.21. The van der Waals surface area contributed by atoms with Gasteiger partial charge in [-0.1, -0.05) is 61.9 Å². The van der Waals surface area contributed by atoms with Crippen LogP contribution in [0.3, 0.4) is 0 Å². The molecular weight excluding hydrogens is 324 g/mol. The first-order chi connectivity index (χ1) is 12.3. The van der Waals surface area contributed by atoms with Gasteiger partial charge in [-0.3, -0.25) is 9.59 Å². The molecule has 0 saturated carbocycles. The predicted molar refractivity (Wildman–Crippen MR) is 106 cm³/mol. The lowest BCUT2D eigenvalue weighted by atomic mass is 9.97. The Balaban J connectivity index is 2.15. The molecular formula is C22H28N2O2. The Morgan fingerprint density at radius 2 is 1.69 bits per heavy atom. The van der Waals surface area contributed by atoms with Gasteiger partial charge in [-0.15, -0.1) is 0 Å². The number of anilines is 1. The van der Waals surface area contributed by atoms with Crippen LogP contribution in [-0.2, 0) is 16.1 Å². The van der Waals surface area contributed by atoms with Gasteiger partial charge in [0.25, 0.3) is 0 Å². The quantitative estimate of drug-likeness (QED) is 0.851. The summed E-state index contributed by atoms with van der Waals surface area (Å²) in [6.07, 6.45) is 0. The van der Waals surface area contributed by atoms with Crippen molar-refractivity contribution in [3.05, 3.63) is 64.7 Å². The van der Waals surface area contributed by atoms with Crippen molar-refractivity contribution in [2.24, 2.45) is 0 Å². The molecule has 0 aliphatic rings. The SMILES string of the molecule is CC(=O)N(CC(=O)NCc1ccc(C)cc1)c1c(C)cccc1C(C)C. The number of para-hydroxylation sites is 1. The van der Waals surface area contributed by atoms with Crippen LogP contribution in [-0.4, -0.2) is 18.4 Å². The lowest BCUT2D eigenvalue weighted by Gasteiger charge is -2.27. The van der Waals surface area contributed by atoms with Crippen molar-refractivity contribution >= 4 is 17.5 Å². The van der Waals surface area contributed by atoms with E-state index in [1.54, 1.807) is 4.90 Å². The first-order valence-corrected chi connectivity index (χ1v) is 8.99. The molecule has 2 amide bonds. The number of rotatable bonds is 6. The highest BCUT2D eigenvalue weighted by atomic mass is 16.2. The Hall–Kier alpha value is -2.62. The Morgan fingerprint density at radius 1 is 1.04 bits per heavy atom. The fourth-order valence-corrected chi connectivity index (χ4v) is 2.97. The van der Waals surface area contributed by atoms with E-state index in [1.807, 2.05) is 56.3 Å². The fraction of sp³-hybridized carbons (Fsp3) is 0.364. The van der Waals surface area contributed by atoms with E-state index in [1.165, 1.54) is 12.5 Å². The molecule has 0 aliphatic heterocycles. The number of carbonyl (C=O) groups excluding carboxylic acids is 2. The zero-order chi connectivity index (χ0) is 19.3. The van der Waals surface area contributed by atoms with Crippen molar-refractivity contribution in [1.29, 1.82) is 0 Å². The summed E-state index contributed by atoms with van der Waals surface area (Å²) < 4.78 is 0. The van der Waals surface area contributed by atoms with Gasteiger partial charge in [0.1, 0.15) is 6.54 Å². The van der Waals surface area contributed by atoms with E-state index in [9.17, 15) is 9.59 Å². The van der Waals surface area contributed by atoms with Gasteiger partial charge in [-0.2, -0.15) is 0 Å². The Kier molecular flexibility index (Phi) is 6.56. The second-order valence-electron chi connectivity index (χ2n) is 7.03. The zero-order valence-electron chi connectivity index (χ0n) is 16.3. The van der Waals surface area contributed by atoms with Crippen molar-refractivity contribution in [2.75, 3.05) is 11.4 Å². The van der Waals surface area contributed by atoms with Gasteiger partial charge in [-0.25, -0.2) is 0 Å². The number of nitrogens with one attached hydrogen (secondary N) is 1. The average molecular weight is 352 g/mol. The molecule has 0 aliphatic carbocycles. The molecule has 0 unspecified atom stereocenters. The van der Waals surface area contributed by atoms with Crippen molar-refractivity contribution in [1.82, 2.24) is 5.32 Å². The van der Waals surface area contributed by atoms with Gasteiger partial charge in [-0.05, 0) is 36.5 Å². The lowest BCUT2D eigenvalue weighted by Crippen LogP contribution is -2.40. The smallest absolute Gasteiger partial charge is 0.240 e. The van der Waals surface area contributed by atoms with E-state index < -0.39 is 0 Å². The average Bonchev–Trinajstić information content (AvgIpc) is 2.59. The topological polar surface area (TPSA) is 49.4 Å². The molecule has 2 aromatic rings. The number of nitrogens with zero attached hydrogens (tertiary/aromatic N) is 1. The third kappa shape index (κ3) is 4.94. The molecule has 0 bridgehead atoms. The Morgan fingerprint density at radius 3 is 2.27 bits per heavy atom. The Bertz CT molecular complexity index is 779. The van der Waals surface area contributed by atoms with Crippen molar-refractivity contribution in [2.45, 2.75) is 47.1 Å². The van der Waals surface area contributed by atoms with Crippen LogP contribution in [0.25, 0.3) is 0 Å². The number of carbonyl (C=O) groups is 2. The highest BCUT2D eigenvalue weighted by molar-refractivity contribution is 5.98. The minimum absolute atomic E-state index is 0.0196. The van der Waals surface area contributed by atoms with E-state index in [0.717, 1.165) is 22.4 Å². The molecule has 0 radical (unpaired) electrons. The molecule has 2 rings (SSSR count). The zero-order valence-corrected chi connectivity index (χ0v) is 16.3. The molecule has 0 saturated heterocycles. The minimum Gasteiger partial charge on any atom is -0.350 e. The second kappa shape index (κ2) is 8.65. The van der Waals surface area contributed by atoms with Crippen LogP contribution < -0.4 is 10.2 Å². The minimum atomic E-state index is -0.168. The van der Waals surface area contributed by atoms with E-state index >= 15 is 0 Å². The third-order valence-corrected chi connectivity index (χ3v) is 4.45. The summed E-state index contributed by atoms with van der Waals surface area (Å²) in [7, 11) is 0. The van der Waals surface area contributed by atoms with Gasteiger partial charge < -0.3 is 10.2 Å². The largest absolute Gasteiger partial charge is 0.350 e. The lowest BCUT2D eigenvalue weighted by molar-refractivity contribution is -0.123. The van der Waals surface area contributed by atoms with E-state index in [-0.39, 0.29) is 24.3 Å². The number of aryl methyl sites for hydroxylation is 2. The molecule has 4 nitrogen and oxygen atoms in total. The van der Waals surface area contributed by atoms with Gasteiger partial charge in [0, 0.05) is 13.5 Å². The van der Waals surface area contributed by atoms with Crippen LogP contribution in [0.5, 0.6) is 0 Å². The molecule has 2 aromatic carbocycles. The molecule has 0 atom stereocenters. The molecule has 4 heteroatoms. The summed E-state index contributed by atoms with van der Waals surface area (Å²) >= 11 is 0. The van der Waals surface area contributed by atoms with E-state index in [4.69, 9.17) is 0 Å².